The molecule has 4 nitrogen and oxygen atoms in total. The molecule has 0 bridgehead atoms. The molecule has 0 fully saturated rings. The van der Waals surface area contributed by atoms with Crippen LogP contribution in [0.2, 0.25) is 0 Å². The molecule has 0 amide bonds. The van der Waals surface area contributed by atoms with Crippen LogP contribution in [0, 0.1) is 5.82 Å². The van der Waals surface area contributed by atoms with Crippen LogP contribution < -0.4 is 22.5 Å². The van der Waals surface area contributed by atoms with Gasteiger partial charge in [-0.15, -0.1) is 0 Å². The summed E-state index contributed by atoms with van der Waals surface area (Å²) in [4.78, 5) is 0. The summed E-state index contributed by atoms with van der Waals surface area (Å²) in [6.45, 7) is 11.4. The molecule has 0 saturated carbocycles. The molecule has 5 heteroatoms. The molecule has 2 aromatic carbocycles. The predicted molar refractivity (Wildman–Crippen MR) is 130 cm³/mol. The zero-order valence-corrected chi connectivity index (χ0v) is 19.1. The molecule has 0 saturated heterocycles. The molecular formula is C25H39FN4. The fraction of sp³-hybridized carbons (Fsp3) is 0.440. The standard InChI is InChI=1S/C23H32FN3.C2H7N/c1-5-17-13-20(24)23(21(26)14-17)16(4)12-18(10-11-25)19-8-6-7-9-22(19)27-15(2)3;1-2-3/h6-9,12-16,27H,5,10-11,25-26H2,1-4H3;2-3H2,1H3/b18-12+;. The van der Waals surface area contributed by atoms with Gasteiger partial charge in [-0.25, -0.2) is 4.39 Å². The quantitative estimate of drug-likeness (QED) is 0.442. The number of para-hydroxylation sites is 1. The second kappa shape index (κ2) is 13.0. The average Bonchev–Trinajstić information content (AvgIpc) is 2.67. The Labute approximate surface area is 181 Å². The van der Waals surface area contributed by atoms with Gasteiger partial charge in [0, 0.05) is 34.5 Å². The van der Waals surface area contributed by atoms with Crippen molar-refractivity contribution in [2.75, 3.05) is 24.1 Å². The summed E-state index contributed by atoms with van der Waals surface area (Å²) in [6.07, 6.45) is 3.57. The van der Waals surface area contributed by atoms with Crippen molar-refractivity contribution < 1.29 is 4.39 Å². The highest BCUT2D eigenvalue weighted by atomic mass is 19.1. The summed E-state index contributed by atoms with van der Waals surface area (Å²) in [5, 5.41) is 3.48. The van der Waals surface area contributed by atoms with Gasteiger partial charge in [0.15, 0.2) is 0 Å². The van der Waals surface area contributed by atoms with E-state index in [1.54, 1.807) is 6.07 Å². The summed E-state index contributed by atoms with van der Waals surface area (Å²) >= 11 is 0. The number of hydrogen-bond donors (Lipinski definition) is 4. The van der Waals surface area contributed by atoms with E-state index in [1.165, 1.54) is 0 Å². The molecule has 0 radical (unpaired) electrons. The molecule has 30 heavy (non-hydrogen) atoms. The van der Waals surface area contributed by atoms with Gasteiger partial charge in [0.1, 0.15) is 5.82 Å². The van der Waals surface area contributed by atoms with E-state index in [4.69, 9.17) is 17.2 Å². The molecule has 1 atom stereocenters. The van der Waals surface area contributed by atoms with E-state index in [2.05, 4.69) is 37.4 Å². The van der Waals surface area contributed by atoms with Crippen LogP contribution in [-0.2, 0) is 6.42 Å². The molecule has 0 aliphatic heterocycles. The van der Waals surface area contributed by atoms with Gasteiger partial charge < -0.3 is 22.5 Å². The van der Waals surface area contributed by atoms with E-state index in [0.29, 0.717) is 23.8 Å². The lowest BCUT2D eigenvalue weighted by Crippen LogP contribution is -2.12. The number of nitrogens with one attached hydrogen (secondary N) is 1. The fourth-order valence-electron chi connectivity index (χ4n) is 3.43. The van der Waals surface area contributed by atoms with Gasteiger partial charge in [0.05, 0.1) is 0 Å². The van der Waals surface area contributed by atoms with E-state index in [1.807, 2.05) is 39.0 Å². The van der Waals surface area contributed by atoms with Crippen molar-refractivity contribution in [3.63, 3.8) is 0 Å². The number of allylic oxidation sites excluding steroid dienone is 1. The Morgan fingerprint density at radius 2 is 1.73 bits per heavy atom. The van der Waals surface area contributed by atoms with Crippen molar-refractivity contribution in [2.45, 2.75) is 59.4 Å². The summed E-state index contributed by atoms with van der Waals surface area (Å²) in [6, 6.07) is 12.0. The zero-order chi connectivity index (χ0) is 22.7. The minimum atomic E-state index is -0.240. The second-order valence-electron chi connectivity index (χ2n) is 7.71. The van der Waals surface area contributed by atoms with Crippen LogP contribution in [0.4, 0.5) is 15.8 Å². The molecule has 7 N–H and O–H groups in total. The number of halogens is 1. The lowest BCUT2D eigenvalue weighted by molar-refractivity contribution is 0.604. The molecule has 0 aromatic heterocycles. The van der Waals surface area contributed by atoms with Gasteiger partial charge in [-0.1, -0.05) is 45.0 Å². The minimum Gasteiger partial charge on any atom is -0.398 e. The molecule has 2 rings (SSSR count). The van der Waals surface area contributed by atoms with E-state index < -0.39 is 0 Å². The van der Waals surface area contributed by atoms with Crippen LogP contribution in [0.15, 0.2) is 42.5 Å². The first-order valence-corrected chi connectivity index (χ1v) is 10.8. The number of aryl methyl sites for hydroxylation is 1. The first-order valence-electron chi connectivity index (χ1n) is 10.8. The molecule has 166 valence electrons. The molecule has 0 aliphatic carbocycles. The van der Waals surface area contributed by atoms with E-state index >= 15 is 0 Å². The maximum atomic E-state index is 14.7. The van der Waals surface area contributed by atoms with E-state index in [0.717, 1.165) is 41.8 Å². The van der Waals surface area contributed by atoms with Crippen LogP contribution in [0.3, 0.4) is 0 Å². The van der Waals surface area contributed by atoms with Crippen LogP contribution >= 0.6 is 0 Å². The molecule has 0 heterocycles. The molecule has 0 aliphatic rings. The Morgan fingerprint density at radius 3 is 2.27 bits per heavy atom. The Bertz CT molecular complexity index is 792. The zero-order valence-electron chi connectivity index (χ0n) is 19.1. The SMILES string of the molecule is CCN.CCc1cc(N)c(C(C)/C=C(\CCN)c2ccccc2NC(C)C)c(F)c1. The van der Waals surface area contributed by atoms with Gasteiger partial charge in [0.2, 0.25) is 0 Å². The third-order valence-corrected chi connectivity index (χ3v) is 4.67. The van der Waals surface area contributed by atoms with Gasteiger partial charge in [-0.05, 0) is 69.1 Å². The highest BCUT2D eigenvalue weighted by Crippen LogP contribution is 2.33. The largest absolute Gasteiger partial charge is 0.398 e. The number of nitrogen functional groups attached to an aromatic ring is 1. The highest BCUT2D eigenvalue weighted by molar-refractivity contribution is 5.77. The normalized spacial score (nSPS) is 12.4. The van der Waals surface area contributed by atoms with Gasteiger partial charge >= 0.3 is 0 Å². The smallest absolute Gasteiger partial charge is 0.129 e. The number of benzene rings is 2. The van der Waals surface area contributed by atoms with Crippen molar-refractivity contribution >= 4 is 16.9 Å². The first-order chi connectivity index (χ1) is 14.3. The number of hydrogen-bond acceptors (Lipinski definition) is 4. The Kier molecular flexibility index (Phi) is 11.2. The Hall–Kier alpha value is -2.37. The molecule has 2 aromatic rings. The highest BCUT2D eigenvalue weighted by Gasteiger charge is 2.16. The Balaban J connectivity index is 0.00000141. The number of anilines is 2. The summed E-state index contributed by atoms with van der Waals surface area (Å²) in [5.41, 5.74) is 22.1. The average molecular weight is 415 g/mol. The van der Waals surface area contributed by atoms with Crippen molar-refractivity contribution in [1.29, 1.82) is 0 Å². The lowest BCUT2D eigenvalue weighted by Gasteiger charge is -2.19. The van der Waals surface area contributed by atoms with Crippen LogP contribution in [-0.4, -0.2) is 19.1 Å². The topological polar surface area (TPSA) is 90.1 Å². The predicted octanol–water partition coefficient (Wildman–Crippen LogP) is 5.29. The molecule has 1 unspecified atom stereocenters. The van der Waals surface area contributed by atoms with E-state index in [9.17, 15) is 4.39 Å². The van der Waals surface area contributed by atoms with Crippen LogP contribution in [0.25, 0.3) is 5.57 Å². The summed E-state index contributed by atoms with van der Waals surface area (Å²) in [7, 11) is 0. The minimum absolute atomic E-state index is 0.149. The number of nitrogens with two attached hydrogens (primary N) is 3. The summed E-state index contributed by atoms with van der Waals surface area (Å²) < 4.78 is 14.7. The fourth-order valence-corrected chi connectivity index (χ4v) is 3.43. The van der Waals surface area contributed by atoms with E-state index in [-0.39, 0.29) is 11.7 Å². The van der Waals surface area contributed by atoms with Crippen LogP contribution in [0.5, 0.6) is 0 Å². The van der Waals surface area contributed by atoms with Crippen molar-refractivity contribution in [2.24, 2.45) is 11.5 Å². The lowest BCUT2D eigenvalue weighted by atomic mass is 9.91. The third kappa shape index (κ3) is 7.47. The third-order valence-electron chi connectivity index (χ3n) is 4.67. The maximum absolute atomic E-state index is 14.7. The van der Waals surface area contributed by atoms with Crippen molar-refractivity contribution in [1.82, 2.24) is 0 Å². The van der Waals surface area contributed by atoms with Crippen molar-refractivity contribution in [3.05, 3.63) is 65.0 Å². The van der Waals surface area contributed by atoms with Crippen molar-refractivity contribution in [3.8, 4) is 0 Å². The molecular weight excluding hydrogens is 375 g/mol. The van der Waals surface area contributed by atoms with Crippen LogP contribution in [0.1, 0.15) is 63.6 Å². The second-order valence-corrected chi connectivity index (χ2v) is 7.71. The monoisotopic (exact) mass is 414 g/mol. The first kappa shape index (κ1) is 25.7. The maximum Gasteiger partial charge on any atom is 0.129 e. The van der Waals surface area contributed by atoms with Gasteiger partial charge in [0.25, 0.3) is 0 Å². The Morgan fingerprint density at radius 1 is 1.10 bits per heavy atom. The van der Waals surface area contributed by atoms with Gasteiger partial charge in [-0.3, -0.25) is 0 Å². The number of rotatable bonds is 8. The summed E-state index contributed by atoms with van der Waals surface area (Å²) in [5.74, 6) is -0.388. The molecule has 0 spiro atoms. The van der Waals surface area contributed by atoms with Gasteiger partial charge in [-0.2, -0.15) is 0 Å².